The van der Waals surface area contributed by atoms with Gasteiger partial charge in [-0.3, -0.25) is 4.99 Å². The number of rotatable bonds is 2. The molecule has 0 saturated heterocycles. The smallest absolute Gasteiger partial charge is 0.193 e. The van der Waals surface area contributed by atoms with E-state index in [1.165, 1.54) is 12.1 Å². The molecular formula is C9H10Cl2FN3. The van der Waals surface area contributed by atoms with Gasteiger partial charge in [0.2, 0.25) is 0 Å². The molecule has 0 radical (unpaired) electrons. The fraction of sp³-hybridized carbons (Fsp3) is 0.222. The number of halogens is 3. The number of benzene rings is 1. The minimum Gasteiger partial charge on any atom is -0.370 e. The zero-order valence-electron chi connectivity index (χ0n) is 8.02. The minimum atomic E-state index is -0.644. The summed E-state index contributed by atoms with van der Waals surface area (Å²) in [5, 5.41) is 2.62. The number of hydrogen-bond acceptors (Lipinski definition) is 1. The monoisotopic (exact) mass is 249 g/mol. The molecular weight excluding hydrogens is 240 g/mol. The summed E-state index contributed by atoms with van der Waals surface area (Å²) in [6.45, 7) is 2.40. The Kier molecular flexibility index (Phi) is 4.17. The van der Waals surface area contributed by atoms with Crippen LogP contribution in [-0.4, -0.2) is 12.5 Å². The van der Waals surface area contributed by atoms with Gasteiger partial charge in [-0.25, -0.2) is 4.39 Å². The van der Waals surface area contributed by atoms with Crippen molar-refractivity contribution in [2.75, 3.05) is 11.9 Å². The molecule has 15 heavy (non-hydrogen) atoms. The first-order valence-corrected chi connectivity index (χ1v) is 5.01. The topological polar surface area (TPSA) is 50.4 Å². The number of anilines is 1. The average molecular weight is 250 g/mol. The van der Waals surface area contributed by atoms with E-state index in [2.05, 4.69) is 10.3 Å². The molecule has 0 aromatic heterocycles. The molecule has 0 saturated carbocycles. The summed E-state index contributed by atoms with van der Waals surface area (Å²) in [6, 6.07) is 2.78. The van der Waals surface area contributed by atoms with Crippen LogP contribution in [0.25, 0.3) is 0 Å². The van der Waals surface area contributed by atoms with Crippen molar-refractivity contribution in [1.82, 2.24) is 0 Å². The van der Waals surface area contributed by atoms with Gasteiger partial charge in [0, 0.05) is 12.2 Å². The summed E-state index contributed by atoms with van der Waals surface area (Å²) < 4.78 is 13.0. The van der Waals surface area contributed by atoms with Gasteiger partial charge in [-0.1, -0.05) is 23.2 Å². The first-order chi connectivity index (χ1) is 7.04. The first kappa shape index (κ1) is 12.1. The Bertz CT molecular complexity index is 370. The van der Waals surface area contributed by atoms with Crippen molar-refractivity contribution in [3.05, 3.63) is 28.0 Å². The summed E-state index contributed by atoms with van der Waals surface area (Å²) in [4.78, 5) is 3.91. The van der Waals surface area contributed by atoms with Gasteiger partial charge in [-0.05, 0) is 19.1 Å². The van der Waals surface area contributed by atoms with Gasteiger partial charge in [0.1, 0.15) is 0 Å². The molecule has 1 rings (SSSR count). The highest BCUT2D eigenvalue weighted by atomic mass is 35.5. The predicted molar refractivity (Wildman–Crippen MR) is 62.2 cm³/mol. The normalized spacial score (nSPS) is 11.6. The predicted octanol–water partition coefficient (Wildman–Crippen LogP) is 2.88. The Balaban J connectivity index is 2.93. The zero-order valence-corrected chi connectivity index (χ0v) is 9.53. The van der Waals surface area contributed by atoms with Crippen LogP contribution in [0.3, 0.4) is 0 Å². The van der Waals surface area contributed by atoms with Crippen LogP contribution in [0.5, 0.6) is 0 Å². The van der Waals surface area contributed by atoms with Crippen LogP contribution in [0, 0.1) is 5.82 Å². The number of nitrogens with zero attached hydrogens (tertiary/aromatic N) is 1. The largest absolute Gasteiger partial charge is 0.370 e. The molecule has 1 aromatic rings. The highest BCUT2D eigenvalue weighted by Gasteiger charge is 2.07. The molecule has 0 unspecified atom stereocenters. The van der Waals surface area contributed by atoms with E-state index in [-0.39, 0.29) is 16.0 Å². The second-order valence-electron chi connectivity index (χ2n) is 2.74. The highest BCUT2D eigenvalue weighted by molar-refractivity contribution is 6.35. The number of nitrogens with two attached hydrogens (primary N) is 1. The SMILES string of the molecule is CCN=C(N)Nc1cc(Cl)c(F)c(Cl)c1. The van der Waals surface area contributed by atoms with Crippen LogP contribution < -0.4 is 11.1 Å². The molecule has 0 aliphatic heterocycles. The maximum atomic E-state index is 13.0. The number of hydrogen-bond donors (Lipinski definition) is 2. The molecule has 0 amide bonds. The average Bonchev–Trinajstić information content (AvgIpc) is 2.14. The zero-order chi connectivity index (χ0) is 11.4. The number of aliphatic imine (C=N–C) groups is 1. The lowest BCUT2D eigenvalue weighted by Crippen LogP contribution is -2.22. The van der Waals surface area contributed by atoms with E-state index in [4.69, 9.17) is 28.9 Å². The standard InChI is InChI=1S/C9H10Cl2FN3/c1-2-14-9(13)15-5-3-6(10)8(12)7(11)4-5/h3-4H,2H2,1H3,(H3,13,14,15). The minimum absolute atomic E-state index is 0.0608. The number of guanidine groups is 1. The van der Waals surface area contributed by atoms with E-state index < -0.39 is 5.82 Å². The molecule has 3 nitrogen and oxygen atoms in total. The lowest BCUT2D eigenvalue weighted by molar-refractivity contribution is 0.629. The Morgan fingerprint density at radius 2 is 2.00 bits per heavy atom. The Morgan fingerprint density at radius 1 is 1.47 bits per heavy atom. The number of nitrogens with one attached hydrogen (secondary N) is 1. The van der Waals surface area contributed by atoms with Gasteiger partial charge >= 0.3 is 0 Å². The molecule has 1 aromatic carbocycles. The van der Waals surface area contributed by atoms with E-state index in [9.17, 15) is 4.39 Å². The Labute approximate surface area is 97.1 Å². The Hall–Kier alpha value is -1.00. The summed E-state index contributed by atoms with van der Waals surface area (Å²) in [7, 11) is 0. The van der Waals surface area contributed by atoms with Crippen molar-refractivity contribution < 1.29 is 4.39 Å². The molecule has 0 atom stereocenters. The van der Waals surface area contributed by atoms with E-state index >= 15 is 0 Å². The summed E-state index contributed by atoms with van der Waals surface area (Å²) >= 11 is 11.2. The summed E-state index contributed by atoms with van der Waals surface area (Å²) in [6.07, 6.45) is 0. The van der Waals surface area contributed by atoms with Crippen molar-refractivity contribution in [3.8, 4) is 0 Å². The fourth-order valence-electron chi connectivity index (χ4n) is 0.985. The van der Waals surface area contributed by atoms with Gasteiger partial charge in [0.15, 0.2) is 11.8 Å². The van der Waals surface area contributed by atoms with Crippen LogP contribution in [0.4, 0.5) is 10.1 Å². The molecule has 0 spiro atoms. The van der Waals surface area contributed by atoms with Crippen LogP contribution in [0.1, 0.15) is 6.92 Å². The third-order valence-electron chi connectivity index (χ3n) is 1.58. The van der Waals surface area contributed by atoms with E-state index in [0.29, 0.717) is 12.2 Å². The maximum absolute atomic E-state index is 13.0. The third kappa shape index (κ3) is 3.25. The molecule has 0 aliphatic rings. The lowest BCUT2D eigenvalue weighted by atomic mass is 10.3. The highest BCUT2D eigenvalue weighted by Crippen LogP contribution is 2.27. The summed E-state index contributed by atoms with van der Waals surface area (Å²) in [5.41, 5.74) is 6.01. The second-order valence-corrected chi connectivity index (χ2v) is 3.55. The van der Waals surface area contributed by atoms with Gasteiger partial charge in [0.05, 0.1) is 10.0 Å². The second kappa shape index (κ2) is 5.19. The molecule has 3 N–H and O–H groups in total. The van der Waals surface area contributed by atoms with Gasteiger partial charge in [0.25, 0.3) is 0 Å². The van der Waals surface area contributed by atoms with Crippen LogP contribution >= 0.6 is 23.2 Å². The molecule has 0 bridgehead atoms. The molecule has 0 heterocycles. The molecule has 82 valence electrons. The van der Waals surface area contributed by atoms with E-state index in [1.54, 1.807) is 0 Å². The third-order valence-corrected chi connectivity index (χ3v) is 2.13. The van der Waals surface area contributed by atoms with Crippen molar-refractivity contribution in [1.29, 1.82) is 0 Å². The van der Waals surface area contributed by atoms with Crippen molar-refractivity contribution in [2.45, 2.75) is 6.92 Å². The van der Waals surface area contributed by atoms with Crippen LogP contribution in [0.2, 0.25) is 10.0 Å². The van der Waals surface area contributed by atoms with Crippen molar-refractivity contribution in [3.63, 3.8) is 0 Å². The van der Waals surface area contributed by atoms with Crippen LogP contribution in [0.15, 0.2) is 17.1 Å². The fourth-order valence-corrected chi connectivity index (χ4v) is 1.47. The molecule has 6 heteroatoms. The summed E-state index contributed by atoms with van der Waals surface area (Å²) in [5.74, 6) is -0.411. The molecule has 0 aliphatic carbocycles. The first-order valence-electron chi connectivity index (χ1n) is 4.26. The van der Waals surface area contributed by atoms with E-state index in [0.717, 1.165) is 0 Å². The maximum Gasteiger partial charge on any atom is 0.193 e. The van der Waals surface area contributed by atoms with Gasteiger partial charge in [-0.15, -0.1) is 0 Å². The van der Waals surface area contributed by atoms with Crippen molar-refractivity contribution in [2.24, 2.45) is 10.7 Å². The van der Waals surface area contributed by atoms with Gasteiger partial charge in [-0.2, -0.15) is 0 Å². The Morgan fingerprint density at radius 3 is 2.47 bits per heavy atom. The van der Waals surface area contributed by atoms with Crippen LogP contribution in [-0.2, 0) is 0 Å². The van der Waals surface area contributed by atoms with Crippen molar-refractivity contribution >= 4 is 34.8 Å². The van der Waals surface area contributed by atoms with Gasteiger partial charge < -0.3 is 11.1 Å². The van der Waals surface area contributed by atoms with E-state index in [1.807, 2.05) is 6.92 Å². The molecule has 0 fully saturated rings. The quantitative estimate of drug-likeness (QED) is 0.481. The lowest BCUT2D eigenvalue weighted by Gasteiger charge is -2.07.